The van der Waals surface area contributed by atoms with Crippen LogP contribution in [-0.2, 0) is 4.79 Å². The first kappa shape index (κ1) is 10.6. The number of amidine groups is 1. The number of carbonyl (C=O) groups excluding carboxylic acids is 1. The topological polar surface area (TPSA) is 66.6 Å². The van der Waals surface area contributed by atoms with Crippen molar-refractivity contribution in [3.05, 3.63) is 24.3 Å². The summed E-state index contributed by atoms with van der Waals surface area (Å²) in [5.74, 6) is 0.652. The standard InChI is InChI=1S/C12H10N4O2/c1-18-9-4-2-8(3-5-9)16-11-10(6-15-16)12(17)14-7-13-11/h2-7,10H,1H3. The molecule has 0 aliphatic carbocycles. The van der Waals surface area contributed by atoms with Crippen LogP contribution in [0, 0.1) is 5.92 Å². The molecule has 90 valence electrons. The van der Waals surface area contributed by atoms with Crippen molar-refractivity contribution in [2.75, 3.05) is 12.1 Å². The van der Waals surface area contributed by atoms with E-state index < -0.39 is 5.92 Å². The van der Waals surface area contributed by atoms with Crippen LogP contribution in [0.1, 0.15) is 0 Å². The number of hydrogen-bond donors (Lipinski definition) is 0. The SMILES string of the molecule is COc1ccc(N2N=CC3C(=O)N=CN=C32)cc1. The van der Waals surface area contributed by atoms with E-state index in [0.29, 0.717) is 5.84 Å². The molecular formula is C12H10N4O2. The normalized spacial score (nSPS) is 20.9. The first-order chi connectivity index (χ1) is 8.79. The number of anilines is 1. The van der Waals surface area contributed by atoms with Gasteiger partial charge in [-0.05, 0) is 24.3 Å². The summed E-state index contributed by atoms with van der Waals surface area (Å²) in [5, 5.41) is 5.82. The lowest BCUT2D eigenvalue weighted by Crippen LogP contribution is -2.32. The van der Waals surface area contributed by atoms with E-state index in [2.05, 4.69) is 15.1 Å². The quantitative estimate of drug-likeness (QED) is 0.779. The van der Waals surface area contributed by atoms with E-state index in [-0.39, 0.29) is 5.91 Å². The van der Waals surface area contributed by atoms with Crippen molar-refractivity contribution in [1.82, 2.24) is 0 Å². The molecule has 0 aromatic heterocycles. The number of hydrogen-bond acceptors (Lipinski definition) is 5. The molecule has 1 amide bonds. The first-order valence-corrected chi connectivity index (χ1v) is 5.42. The molecule has 2 heterocycles. The van der Waals surface area contributed by atoms with E-state index in [4.69, 9.17) is 4.74 Å². The fourth-order valence-corrected chi connectivity index (χ4v) is 1.85. The monoisotopic (exact) mass is 242 g/mol. The summed E-state index contributed by atoms with van der Waals surface area (Å²) in [6.45, 7) is 0. The number of nitrogens with zero attached hydrogens (tertiary/aromatic N) is 4. The van der Waals surface area contributed by atoms with Crippen molar-refractivity contribution in [3.8, 4) is 5.75 Å². The van der Waals surface area contributed by atoms with Gasteiger partial charge in [0.15, 0.2) is 0 Å². The highest BCUT2D eigenvalue weighted by Crippen LogP contribution is 2.25. The molecule has 0 radical (unpaired) electrons. The van der Waals surface area contributed by atoms with E-state index in [1.165, 1.54) is 6.34 Å². The maximum atomic E-state index is 11.5. The van der Waals surface area contributed by atoms with Gasteiger partial charge < -0.3 is 4.74 Å². The Bertz CT molecular complexity index is 574. The molecule has 3 rings (SSSR count). The molecule has 0 saturated heterocycles. The fourth-order valence-electron chi connectivity index (χ4n) is 1.85. The highest BCUT2D eigenvalue weighted by atomic mass is 16.5. The molecule has 0 N–H and O–H groups in total. The Hall–Kier alpha value is -2.50. The number of aliphatic imine (C=N–C) groups is 2. The van der Waals surface area contributed by atoms with E-state index in [0.717, 1.165) is 11.4 Å². The lowest BCUT2D eigenvalue weighted by atomic mass is 10.1. The molecule has 0 fully saturated rings. The molecule has 1 unspecified atom stereocenters. The van der Waals surface area contributed by atoms with Gasteiger partial charge in [-0.3, -0.25) is 4.79 Å². The average molecular weight is 242 g/mol. The van der Waals surface area contributed by atoms with Crippen LogP contribution in [0.4, 0.5) is 5.69 Å². The molecule has 2 aliphatic rings. The molecule has 1 atom stereocenters. The third kappa shape index (κ3) is 1.58. The van der Waals surface area contributed by atoms with Gasteiger partial charge in [0.1, 0.15) is 23.8 Å². The van der Waals surface area contributed by atoms with Crippen LogP contribution < -0.4 is 9.75 Å². The summed E-state index contributed by atoms with van der Waals surface area (Å²) >= 11 is 0. The summed E-state index contributed by atoms with van der Waals surface area (Å²) in [4.78, 5) is 19.3. The van der Waals surface area contributed by atoms with Crippen LogP contribution in [0.5, 0.6) is 5.75 Å². The number of ether oxygens (including phenoxy) is 1. The molecule has 6 heteroatoms. The van der Waals surface area contributed by atoms with Crippen molar-refractivity contribution >= 4 is 30.0 Å². The third-order valence-corrected chi connectivity index (χ3v) is 2.78. The Labute approximate surface area is 103 Å². The first-order valence-electron chi connectivity index (χ1n) is 5.42. The van der Waals surface area contributed by atoms with Crippen LogP contribution in [0.2, 0.25) is 0 Å². The number of methoxy groups -OCH3 is 1. The van der Waals surface area contributed by atoms with Gasteiger partial charge in [0.2, 0.25) is 0 Å². The van der Waals surface area contributed by atoms with Gasteiger partial charge in [-0.25, -0.2) is 15.0 Å². The number of rotatable bonds is 2. The second kappa shape index (κ2) is 4.06. The molecule has 0 saturated carbocycles. The number of benzene rings is 1. The largest absolute Gasteiger partial charge is 0.497 e. The van der Waals surface area contributed by atoms with Crippen LogP contribution in [0.3, 0.4) is 0 Å². The minimum Gasteiger partial charge on any atom is -0.497 e. The average Bonchev–Trinajstić information content (AvgIpc) is 2.84. The highest BCUT2D eigenvalue weighted by Gasteiger charge is 2.34. The van der Waals surface area contributed by atoms with Crippen LogP contribution >= 0.6 is 0 Å². The van der Waals surface area contributed by atoms with Crippen molar-refractivity contribution < 1.29 is 9.53 Å². The molecule has 0 spiro atoms. The number of fused-ring (bicyclic) bond motifs is 1. The van der Waals surface area contributed by atoms with Crippen molar-refractivity contribution in [2.45, 2.75) is 0 Å². The summed E-state index contributed by atoms with van der Waals surface area (Å²) in [6, 6.07) is 7.38. The van der Waals surface area contributed by atoms with E-state index in [1.807, 2.05) is 24.3 Å². The maximum absolute atomic E-state index is 11.5. The van der Waals surface area contributed by atoms with Crippen LogP contribution in [0.25, 0.3) is 0 Å². The fraction of sp³-hybridized carbons (Fsp3) is 0.167. The zero-order valence-electron chi connectivity index (χ0n) is 9.65. The van der Waals surface area contributed by atoms with Crippen LogP contribution in [-0.4, -0.2) is 31.4 Å². The van der Waals surface area contributed by atoms with E-state index in [1.54, 1.807) is 18.3 Å². The molecule has 1 aromatic rings. The Balaban J connectivity index is 1.93. The molecule has 1 aromatic carbocycles. The third-order valence-electron chi connectivity index (χ3n) is 2.78. The maximum Gasteiger partial charge on any atom is 0.263 e. The van der Waals surface area contributed by atoms with Gasteiger partial charge in [-0.2, -0.15) is 5.10 Å². The van der Waals surface area contributed by atoms with E-state index >= 15 is 0 Å². The lowest BCUT2D eigenvalue weighted by Gasteiger charge is -2.18. The lowest BCUT2D eigenvalue weighted by molar-refractivity contribution is -0.118. The molecular weight excluding hydrogens is 232 g/mol. The van der Waals surface area contributed by atoms with Crippen molar-refractivity contribution in [1.29, 1.82) is 0 Å². The summed E-state index contributed by atoms with van der Waals surface area (Å²) in [7, 11) is 1.61. The number of carbonyl (C=O) groups is 1. The predicted molar refractivity (Wildman–Crippen MR) is 68.4 cm³/mol. The zero-order valence-corrected chi connectivity index (χ0v) is 9.65. The minimum absolute atomic E-state index is 0.236. The molecule has 6 nitrogen and oxygen atoms in total. The van der Waals surface area contributed by atoms with E-state index in [9.17, 15) is 4.79 Å². The van der Waals surface area contributed by atoms with Gasteiger partial charge in [0, 0.05) is 6.21 Å². The van der Waals surface area contributed by atoms with Gasteiger partial charge in [0.25, 0.3) is 5.91 Å². The summed E-state index contributed by atoms with van der Waals surface area (Å²) < 4.78 is 5.09. The minimum atomic E-state index is -0.461. The summed E-state index contributed by atoms with van der Waals surface area (Å²) in [5.41, 5.74) is 0.830. The predicted octanol–water partition coefficient (Wildman–Crippen LogP) is 1.08. The van der Waals surface area contributed by atoms with Gasteiger partial charge >= 0.3 is 0 Å². The zero-order chi connectivity index (χ0) is 12.5. The molecule has 18 heavy (non-hydrogen) atoms. The Morgan fingerprint density at radius 2 is 2.06 bits per heavy atom. The highest BCUT2D eigenvalue weighted by molar-refractivity contribution is 6.27. The molecule has 0 bridgehead atoms. The Kier molecular flexibility index (Phi) is 2.40. The van der Waals surface area contributed by atoms with Gasteiger partial charge in [0.05, 0.1) is 12.8 Å². The Morgan fingerprint density at radius 1 is 1.28 bits per heavy atom. The second-order valence-electron chi connectivity index (χ2n) is 3.82. The number of hydrazone groups is 1. The van der Waals surface area contributed by atoms with Crippen molar-refractivity contribution in [2.24, 2.45) is 21.0 Å². The van der Waals surface area contributed by atoms with Crippen LogP contribution in [0.15, 0.2) is 39.4 Å². The summed E-state index contributed by atoms with van der Waals surface area (Å²) in [6.07, 6.45) is 2.82. The molecule has 2 aliphatic heterocycles. The van der Waals surface area contributed by atoms with Crippen molar-refractivity contribution in [3.63, 3.8) is 0 Å². The smallest absolute Gasteiger partial charge is 0.263 e. The second-order valence-corrected chi connectivity index (χ2v) is 3.82. The Morgan fingerprint density at radius 3 is 2.78 bits per heavy atom. The van der Waals surface area contributed by atoms with Gasteiger partial charge in [-0.15, -0.1) is 0 Å². The van der Waals surface area contributed by atoms with Gasteiger partial charge in [-0.1, -0.05) is 0 Å². The number of amides is 1.